The van der Waals surface area contributed by atoms with Gasteiger partial charge in [0.05, 0.1) is 26.6 Å². The molecule has 2 aromatic rings. The van der Waals surface area contributed by atoms with Crippen LogP contribution < -0.4 is 5.73 Å². The van der Waals surface area contributed by atoms with Gasteiger partial charge in [-0.3, -0.25) is 4.21 Å². The molecule has 2 aromatic carbocycles. The zero-order chi connectivity index (χ0) is 14.0. The van der Waals surface area contributed by atoms with Crippen molar-refractivity contribution in [1.29, 1.82) is 0 Å². The zero-order valence-electron chi connectivity index (χ0n) is 9.70. The minimum absolute atomic E-state index is 0.303. The third-order valence-electron chi connectivity index (χ3n) is 2.52. The van der Waals surface area contributed by atoms with Crippen molar-refractivity contribution in [3.63, 3.8) is 0 Å². The lowest BCUT2D eigenvalue weighted by Gasteiger charge is -2.06. The highest BCUT2D eigenvalue weighted by Crippen LogP contribution is 2.26. The van der Waals surface area contributed by atoms with Crippen molar-refractivity contribution in [2.24, 2.45) is 0 Å². The van der Waals surface area contributed by atoms with Gasteiger partial charge in [-0.05, 0) is 35.9 Å². The molecule has 19 heavy (non-hydrogen) atoms. The molecule has 0 aliphatic rings. The van der Waals surface area contributed by atoms with Crippen LogP contribution in [0.1, 0.15) is 5.56 Å². The monoisotopic (exact) mass is 333 g/mol. The van der Waals surface area contributed by atoms with Crippen molar-refractivity contribution in [2.75, 3.05) is 5.73 Å². The first-order valence-corrected chi connectivity index (χ1v) is 7.80. The van der Waals surface area contributed by atoms with E-state index in [9.17, 15) is 4.21 Å². The second-order valence-corrected chi connectivity index (χ2v) is 6.59. The van der Waals surface area contributed by atoms with Gasteiger partial charge in [-0.15, -0.1) is 0 Å². The summed E-state index contributed by atoms with van der Waals surface area (Å²) in [5, 5.41) is 1.33. The summed E-state index contributed by atoms with van der Waals surface area (Å²) in [6, 6.07) is 10.1. The van der Waals surface area contributed by atoms with E-state index < -0.39 is 10.8 Å². The van der Waals surface area contributed by atoms with Gasteiger partial charge in [0.25, 0.3) is 0 Å². The normalized spacial score (nSPS) is 12.4. The van der Waals surface area contributed by atoms with Gasteiger partial charge in [0, 0.05) is 15.6 Å². The van der Waals surface area contributed by atoms with E-state index in [1.165, 1.54) is 0 Å². The highest BCUT2D eigenvalue weighted by Gasteiger charge is 2.10. The van der Waals surface area contributed by atoms with Crippen molar-refractivity contribution in [2.45, 2.75) is 10.6 Å². The van der Waals surface area contributed by atoms with Crippen LogP contribution in [0, 0.1) is 0 Å². The Kier molecular flexibility index (Phi) is 4.74. The lowest BCUT2D eigenvalue weighted by molar-refractivity contribution is 0.682. The molecule has 1 atom stereocenters. The number of nitrogen functional groups attached to an aromatic ring is 1. The fourth-order valence-corrected chi connectivity index (χ4v) is 3.39. The van der Waals surface area contributed by atoms with Crippen LogP contribution in [0.15, 0.2) is 41.3 Å². The van der Waals surface area contributed by atoms with Gasteiger partial charge in [-0.25, -0.2) is 0 Å². The van der Waals surface area contributed by atoms with E-state index in [1.54, 1.807) is 36.4 Å². The van der Waals surface area contributed by atoms with Crippen LogP contribution in [0.5, 0.6) is 0 Å². The molecule has 2 N–H and O–H groups in total. The van der Waals surface area contributed by atoms with E-state index in [4.69, 9.17) is 40.5 Å². The Morgan fingerprint density at radius 2 is 1.68 bits per heavy atom. The molecular formula is C13H10Cl3NOS. The summed E-state index contributed by atoms with van der Waals surface area (Å²) in [5.41, 5.74) is 6.97. The molecule has 0 radical (unpaired) electrons. The van der Waals surface area contributed by atoms with E-state index >= 15 is 0 Å². The zero-order valence-corrected chi connectivity index (χ0v) is 12.8. The third-order valence-corrected chi connectivity index (χ3v) is 4.96. The molecule has 1 unspecified atom stereocenters. The quantitative estimate of drug-likeness (QED) is 0.838. The molecule has 0 spiro atoms. The Balaban J connectivity index is 2.23. The molecule has 0 aliphatic carbocycles. The van der Waals surface area contributed by atoms with E-state index in [-0.39, 0.29) is 0 Å². The summed E-state index contributed by atoms with van der Waals surface area (Å²) < 4.78 is 12.2. The predicted molar refractivity (Wildman–Crippen MR) is 82.4 cm³/mol. The number of hydrogen-bond acceptors (Lipinski definition) is 2. The SMILES string of the molecule is Nc1ccc(CS(=O)c2ccc(Cl)c(Cl)c2)c(Cl)c1. The Morgan fingerprint density at radius 3 is 2.32 bits per heavy atom. The standard InChI is InChI=1S/C13H10Cl3NOS/c14-11-4-3-10(6-13(11)16)19(18)7-8-1-2-9(17)5-12(8)15/h1-6H,7,17H2. The maximum Gasteiger partial charge on any atom is 0.0604 e. The number of anilines is 1. The number of benzene rings is 2. The summed E-state index contributed by atoms with van der Waals surface area (Å²) in [6.45, 7) is 0. The minimum Gasteiger partial charge on any atom is -0.399 e. The first kappa shape index (κ1) is 14.7. The maximum atomic E-state index is 12.2. The van der Waals surface area contributed by atoms with Crippen LogP contribution in [0.3, 0.4) is 0 Å². The Bertz CT molecular complexity index is 646. The first-order chi connectivity index (χ1) is 8.97. The van der Waals surface area contributed by atoms with Crippen molar-refractivity contribution in [3.8, 4) is 0 Å². The molecule has 2 rings (SSSR count). The summed E-state index contributed by atoms with van der Waals surface area (Å²) in [6.07, 6.45) is 0. The number of nitrogens with two attached hydrogens (primary N) is 1. The van der Waals surface area contributed by atoms with Crippen LogP contribution in [0.2, 0.25) is 15.1 Å². The van der Waals surface area contributed by atoms with E-state index in [1.807, 2.05) is 0 Å². The average molecular weight is 335 g/mol. The van der Waals surface area contributed by atoms with Crippen molar-refractivity contribution < 1.29 is 4.21 Å². The third kappa shape index (κ3) is 3.63. The van der Waals surface area contributed by atoms with E-state index in [2.05, 4.69) is 0 Å². The molecule has 0 saturated heterocycles. The molecule has 2 nitrogen and oxygen atoms in total. The highest BCUT2D eigenvalue weighted by atomic mass is 35.5. The second-order valence-electron chi connectivity index (χ2n) is 3.92. The Morgan fingerprint density at radius 1 is 0.947 bits per heavy atom. The van der Waals surface area contributed by atoms with Crippen molar-refractivity contribution in [1.82, 2.24) is 0 Å². The Hall–Kier alpha value is -0.740. The van der Waals surface area contributed by atoms with Gasteiger partial charge in [-0.1, -0.05) is 40.9 Å². The molecule has 0 aromatic heterocycles. The lowest BCUT2D eigenvalue weighted by Crippen LogP contribution is -1.98. The summed E-state index contributed by atoms with van der Waals surface area (Å²) in [5.74, 6) is 0.303. The predicted octanol–water partition coefficient (Wildman–Crippen LogP) is 4.54. The van der Waals surface area contributed by atoms with Gasteiger partial charge < -0.3 is 5.73 Å². The van der Waals surface area contributed by atoms with Gasteiger partial charge in [0.2, 0.25) is 0 Å². The molecule has 0 aliphatic heterocycles. The smallest absolute Gasteiger partial charge is 0.0604 e. The van der Waals surface area contributed by atoms with Crippen LogP contribution in [-0.4, -0.2) is 4.21 Å². The van der Waals surface area contributed by atoms with Crippen molar-refractivity contribution >= 4 is 51.3 Å². The second kappa shape index (κ2) is 6.14. The average Bonchev–Trinajstić information content (AvgIpc) is 2.36. The van der Waals surface area contributed by atoms with Gasteiger partial charge in [-0.2, -0.15) is 0 Å². The van der Waals surface area contributed by atoms with Crippen LogP contribution in [-0.2, 0) is 16.6 Å². The summed E-state index contributed by atoms with van der Waals surface area (Å²) in [7, 11) is -1.24. The van der Waals surface area contributed by atoms with Crippen LogP contribution >= 0.6 is 34.8 Å². The lowest BCUT2D eigenvalue weighted by atomic mass is 10.2. The first-order valence-electron chi connectivity index (χ1n) is 5.34. The largest absolute Gasteiger partial charge is 0.399 e. The molecule has 6 heteroatoms. The molecule has 0 fully saturated rings. The summed E-state index contributed by atoms with van der Waals surface area (Å²) >= 11 is 17.8. The van der Waals surface area contributed by atoms with Gasteiger partial charge in [0.15, 0.2) is 0 Å². The molecule has 100 valence electrons. The number of hydrogen-bond donors (Lipinski definition) is 1. The fraction of sp³-hybridized carbons (Fsp3) is 0.0769. The molecule has 0 amide bonds. The van der Waals surface area contributed by atoms with Crippen LogP contribution in [0.25, 0.3) is 0 Å². The topological polar surface area (TPSA) is 43.1 Å². The molecule has 0 heterocycles. The molecule has 0 saturated carbocycles. The Labute approximate surface area is 128 Å². The van der Waals surface area contributed by atoms with Crippen molar-refractivity contribution in [3.05, 3.63) is 57.0 Å². The molecule has 0 bridgehead atoms. The number of halogens is 3. The van der Waals surface area contributed by atoms with Gasteiger partial charge >= 0.3 is 0 Å². The van der Waals surface area contributed by atoms with E-state index in [0.717, 1.165) is 5.56 Å². The van der Waals surface area contributed by atoms with E-state index in [0.29, 0.717) is 31.4 Å². The van der Waals surface area contributed by atoms with Gasteiger partial charge in [0.1, 0.15) is 0 Å². The minimum atomic E-state index is -1.24. The fourth-order valence-electron chi connectivity index (χ4n) is 1.52. The molecular weight excluding hydrogens is 325 g/mol. The number of rotatable bonds is 3. The maximum absolute atomic E-state index is 12.2. The highest BCUT2D eigenvalue weighted by molar-refractivity contribution is 7.84. The van der Waals surface area contributed by atoms with Crippen LogP contribution in [0.4, 0.5) is 5.69 Å². The summed E-state index contributed by atoms with van der Waals surface area (Å²) in [4.78, 5) is 0.613.